The lowest BCUT2D eigenvalue weighted by Crippen LogP contribution is -2.30. The molecule has 0 bridgehead atoms. The van der Waals surface area contributed by atoms with Gasteiger partial charge in [-0.15, -0.1) is 0 Å². The Morgan fingerprint density at radius 1 is 1.33 bits per heavy atom. The Labute approximate surface area is 109 Å². The van der Waals surface area contributed by atoms with Crippen LogP contribution in [0.25, 0.3) is 0 Å². The first-order valence-electron chi connectivity index (χ1n) is 6.26. The van der Waals surface area contributed by atoms with Crippen molar-refractivity contribution in [1.29, 1.82) is 0 Å². The molecule has 1 atom stereocenters. The predicted octanol–water partition coefficient (Wildman–Crippen LogP) is 1.79. The molecule has 0 aliphatic heterocycles. The maximum absolute atomic E-state index is 9.32. The van der Waals surface area contributed by atoms with E-state index >= 15 is 0 Å². The van der Waals surface area contributed by atoms with Gasteiger partial charge in [0.15, 0.2) is 0 Å². The van der Waals surface area contributed by atoms with Gasteiger partial charge in [0.25, 0.3) is 0 Å². The van der Waals surface area contributed by atoms with Gasteiger partial charge in [-0.05, 0) is 5.92 Å². The lowest BCUT2D eigenvalue weighted by molar-refractivity contribution is 0.249. The number of hydrogen-bond donors (Lipinski definition) is 3. The fourth-order valence-electron chi connectivity index (χ4n) is 1.49. The molecule has 1 aromatic heterocycles. The van der Waals surface area contributed by atoms with E-state index in [1.165, 1.54) is 0 Å². The van der Waals surface area contributed by atoms with Crippen LogP contribution in [-0.4, -0.2) is 27.7 Å². The number of aliphatic hydroxyl groups is 1. The molecule has 1 rings (SSSR count). The number of anilines is 2. The SMILES string of the molecule is CC(C)C(CO)Nc1cc(N)nc(C(C)(C)C)n1. The molecule has 4 N–H and O–H groups in total. The normalized spacial score (nSPS) is 13.7. The molecule has 18 heavy (non-hydrogen) atoms. The Morgan fingerprint density at radius 2 is 1.94 bits per heavy atom. The molecule has 0 aromatic carbocycles. The molecule has 1 heterocycles. The summed E-state index contributed by atoms with van der Waals surface area (Å²) in [5.74, 6) is 2.12. The topological polar surface area (TPSA) is 84.1 Å². The Kier molecular flexibility index (Phi) is 4.51. The van der Waals surface area contributed by atoms with Gasteiger partial charge in [0.05, 0.1) is 12.6 Å². The third-order valence-electron chi connectivity index (χ3n) is 2.75. The molecule has 0 radical (unpaired) electrons. The molecular weight excluding hydrogens is 228 g/mol. The highest BCUT2D eigenvalue weighted by Gasteiger charge is 2.20. The zero-order valence-corrected chi connectivity index (χ0v) is 11.9. The van der Waals surface area contributed by atoms with Crippen molar-refractivity contribution in [3.63, 3.8) is 0 Å². The van der Waals surface area contributed by atoms with Crippen LogP contribution in [-0.2, 0) is 5.41 Å². The van der Waals surface area contributed by atoms with Gasteiger partial charge >= 0.3 is 0 Å². The van der Waals surface area contributed by atoms with E-state index < -0.39 is 0 Å². The highest BCUT2D eigenvalue weighted by Crippen LogP contribution is 2.22. The summed E-state index contributed by atoms with van der Waals surface area (Å²) >= 11 is 0. The molecule has 0 saturated heterocycles. The average molecular weight is 252 g/mol. The molecule has 102 valence electrons. The summed E-state index contributed by atoms with van der Waals surface area (Å²) in [5, 5.41) is 12.5. The van der Waals surface area contributed by atoms with Gasteiger partial charge in [-0.25, -0.2) is 9.97 Å². The van der Waals surface area contributed by atoms with Gasteiger partial charge in [0.1, 0.15) is 17.5 Å². The second-order valence-electron chi connectivity index (χ2n) is 5.93. The summed E-state index contributed by atoms with van der Waals surface area (Å²) in [4.78, 5) is 8.71. The molecular formula is C13H24N4O. The summed E-state index contributed by atoms with van der Waals surface area (Å²) in [5.41, 5.74) is 5.64. The summed E-state index contributed by atoms with van der Waals surface area (Å²) in [6.07, 6.45) is 0. The van der Waals surface area contributed by atoms with Gasteiger partial charge in [-0.2, -0.15) is 0 Å². The molecule has 0 amide bonds. The third kappa shape index (κ3) is 3.84. The van der Waals surface area contributed by atoms with Gasteiger partial charge < -0.3 is 16.2 Å². The van der Waals surface area contributed by atoms with E-state index in [1.807, 2.05) is 34.6 Å². The molecule has 0 aliphatic carbocycles. The number of nitrogens with one attached hydrogen (secondary N) is 1. The number of aliphatic hydroxyl groups excluding tert-OH is 1. The van der Waals surface area contributed by atoms with Crippen molar-refractivity contribution < 1.29 is 5.11 Å². The van der Waals surface area contributed by atoms with Crippen molar-refractivity contribution in [3.8, 4) is 0 Å². The standard InChI is InChI=1S/C13H24N4O/c1-8(2)9(7-18)15-11-6-10(14)16-12(17-11)13(3,4)5/h6,8-9,18H,7H2,1-5H3,(H3,14,15,16,17). The highest BCUT2D eigenvalue weighted by molar-refractivity contribution is 5.46. The molecule has 1 unspecified atom stereocenters. The van der Waals surface area contributed by atoms with E-state index in [-0.39, 0.29) is 18.1 Å². The fraction of sp³-hybridized carbons (Fsp3) is 0.692. The lowest BCUT2D eigenvalue weighted by Gasteiger charge is -2.23. The molecule has 0 saturated carbocycles. The minimum Gasteiger partial charge on any atom is -0.394 e. The van der Waals surface area contributed by atoms with Crippen molar-refractivity contribution in [1.82, 2.24) is 9.97 Å². The van der Waals surface area contributed by atoms with E-state index in [0.717, 1.165) is 0 Å². The van der Waals surface area contributed by atoms with Crippen LogP contribution in [0.2, 0.25) is 0 Å². The lowest BCUT2D eigenvalue weighted by atomic mass is 9.96. The quantitative estimate of drug-likeness (QED) is 0.760. The van der Waals surface area contributed by atoms with E-state index in [0.29, 0.717) is 23.4 Å². The number of aromatic nitrogens is 2. The first-order valence-corrected chi connectivity index (χ1v) is 6.26. The van der Waals surface area contributed by atoms with Crippen LogP contribution in [0.3, 0.4) is 0 Å². The summed E-state index contributed by atoms with van der Waals surface area (Å²) in [7, 11) is 0. The number of nitrogen functional groups attached to an aromatic ring is 1. The molecule has 5 heteroatoms. The fourth-order valence-corrected chi connectivity index (χ4v) is 1.49. The monoisotopic (exact) mass is 252 g/mol. The maximum Gasteiger partial charge on any atom is 0.138 e. The zero-order valence-electron chi connectivity index (χ0n) is 11.9. The van der Waals surface area contributed by atoms with Crippen molar-refractivity contribution in [2.45, 2.75) is 46.1 Å². The Morgan fingerprint density at radius 3 is 2.39 bits per heavy atom. The Hall–Kier alpha value is -1.36. The predicted molar refractivity (Wildman–Crippen MR) is 74.5 cm³/mol. The minimum absolute atomic E-state index is 0.0351. The van der Waals surface area contributed by atoms with Crippen LogP contribution < -0.4 is 11.1 Å². The number of hydrogen-bond acceptors (Lipinski definition) is 5. The van der Waals surface area contributed by atoms with Crippen LogP contribution in [0.15, 0.2) is 6.07 Å². The minimum atomic E-state index is -0.154. The van der Waals surface area contributed by atoms with Crippen LogP contribution in [0.1, 0.15) is 40.4 Å². The molecule has 0 spiro atoms. The zero-order chi connectivity index (χ0) is 13.9. The van der Waals surface area contributed by atoms with E-state index in [4.69, 9.17) is 5.73 Å². The van der Waals surface area contributed by atoms with E-state index in [2.05, 4.69) is 15.3 Å². The van der Waals surface area contributed by atoms with Crippen molar-refractivity contribution in [3.05, 3.63) is 11.9 Å². The van der Waals surface area contributed by atoms with Crippen LogP contribution in [0.4, 0.5) is 11.6 Å². The van der Waals surface area contributed by atoms with Crippen LogP contribution >= 0.6 is 0 Å². The van der Waals surface area contributed by atoms with E-state index in [1.54, 1.807) is 6.07 Å². The first kappa shape index (κ1) is 14.7. The van der Waals surface area contributed by atoms with Gasteiger partial charge in [0.2, 0.25) is 0 Å². The second-order valence-corrected chi connectivity index (χ2v) is 5.93. The maximum atomic E-state index is 9.32. The van der Waals surface area contributed by atoms with Crippen molar-refractivity contribution >= 4 is 11.6 Å². The molecule has 1 aromatic rings. The Bertz CT molecular complexity index is 398. The molecule has 0 aliphatic rings. The summed E-state index contributed by atoms with van der Waals surface area (Å²) < 4.78 is 0. The Balaban J connectivity index is 3.00. The number of rotatable bonds is 4. The molecule has 0 fully saturated rings. The van der Waals surface area contributed by atoms with Crippen molar-refractivity contribution in [2.24, 2.45) is 5.92 Å². The number of nitrogens with zero attached hydrogens (tertiary/aromatic N) is 2. The van der Waals surface area contributed by atoms with E-state index in [9.17, 15) is 5.11 Å². The van der Waals surface area contributed by atoms with Gasteiger partial charge in [0, 0.05) is 11.5 Å². The number of nitrogens with two attached hydrogens (primary N) is 1. The summed E-state index contributed by atoms with van der Waals surface area (Å²) in [6, 6.07) is 1.66. The third-order valence-corrected chi connectivity index (χ3v) is 2.75. The largest absolute Gasteiger partial charge is 0.394 e. The van der Waals surface area contributed by atoms with Gasteiger partial charge in [-0.1, -0.05) is 34.6 Å². The average Bonchev–Trinajstić information content (AvgIpc) is 2.23. The van der Waals surface area contributed by atoms with Gasteiger partial charge in [-0.3, -0.25) is 0 Å². The summed E-state index contributed by atoms with van der Waals surface area (Å²) in [6.45, 7) is 10.3. The van der Waals surface area contributed by atoms with Crippen molar-refractivity contribution in [2.75, 3.05) is 17.7 Å². The van der Waals surface area contributed by atoms with Crippen LogP contribution in [0, 0.1) is 5.92 Å². The smallest absolute Gasteiger partial charge is 0.138 e. The first-order chi connectivity index (χ1) is 8.24. The molecule has 5 nitrogen and oxygen atoms in total. The second kappa shape index (κ2) is 5.52. The van der Waals surface area contributed by atoms with Crippen LogP contribution in [0.5, 0.6) is 0 Å². The highest BCUT2D eigenvalue weighted by atomic mass is 16.3.